The molecule has 0 radical (unpaired) electrons. The first-order valence-corrected chi connectivity index (χ1v) is 18.6. The van der Waals surface area contributed by atoms with Crippen molar-refractivity contribution in [1.82, 2.24) is 23.7 Å². The van der Waals surface area contributed by atoms with Gasteiger partial charge in [-0.05, 0) is 70.6 Å². The van der Waals surface area contributed by atoms with Gasteiger partial charge in [0.2, 0.25) is 0 Å². The summed E-state index contributed by atoms with van der Waals surface area (Å²) < 4.78 is 97.9. The van der Waals surface area contributed by atoms with Crippen LogP contribution in [0.25, 0.3) is 72.3 Å². The maximum atomic E-state index is 15.4. The summed E-state index contributed by atoms with van der Waals surface area (Å²) >= 11 is 0. The molecule has 10 aromatic rings. The number of benzene rings is 6. The Bertz CT molecular complexity index is 3670. The van der Waals surface area contributed by atoms with Gasteiger partial charge in [-0.3, -0.25) is 18.7 Å². The van der Waals surface area contributed by atoms with Crippen LogP contribution in [0.15, 0.2) is 187 Å². The molecule has 280 valence electrons. The van der Waals surface area contributed by atoms with Crippen LogP contribution < -0.4 is 10.4 Å². The zero-order valence-electron chi connectivity index (χ0n) is 41.6. The molecule has 6 aromatic carbocycles. The number of nitrogens with zero attached hydrogens (tertiary/aromatic N) is 5. The first kappa shape index (κ1) is 25.6. The quantitative estimate of drug-likeness (QED) is 0.162. The van der Waals surface area contributed by atoms with Gasteiger partial charge >= 0.3 is 5.69 Å². The molecule has 4 aromatic heterocycles. The van der Waals surface area contributed by atoms with Crippen molar-refractivity contribution in [2.75, 3.05) is 0 Å². The summed E-state index contributed by atoms with van der Waals surface area (Å²) in [6.07, 6.45) is 4.76. The van der Waals surface area contributed by atoms with Gasteiger partial charge in [0.15, 0.2) is 0 Å². The van der Waals surface area contributed by atoms with Crippen molar-refractivity contribution in [3.63, 3.8) is 0 Å². The monoisotopic (exact) mass is 763 g/mol. The second-order valence-corrected chi connectivity index (χ2v) is 14.8. The highest BCUT2D eigenvalue weighted by molar-refractivity contribution is 6.09. The summed E-state index contributed by atoms with van der Waals surface area (Å²) in [6, 6.07) is 25.0. The summed E-state index contributed by atoms with van der Waals surface area (Å²) in [7, 11) is 0. The predicted molar refractivity (Wildman–Crippen MR) is 235 cm³/mol. The van der Waals surface area contributed by atoms with Crippen molar-refractivity contribution in [2.24, 2.45) is 0 Å². The maximum absolute atomic E-state index is 15.4. The minimum absolute atomic E-state index is 0.0190. The molecule has 0 unspecified atom stereocenters. The van der Waals surface area contributed by atoms with Crippen molar-refractivity contribution in [2.45, 2.75) is 26.2 Å². The van der Waals surface area contributed by atoms with Crippen molar-refractivity contribution >= 4 is 32.8 Å². The Morgan fingerprint density at radius 1 is 0.586 bits per heavy atom. The minimum Gasteiger partial charge on any atom is -0.457 e. The van der Waals surface area contributed by atoms with Gasteiger partial charge < -0.3 is 4.74 Å². The van der Waals surface area contributed by atoms with E-state index < -0.39 is 66.1 Å². The molecule has 58 heavy (non-hydrogen) atoms. The third-order valence-electron chi connectivity index (χ3n) is 10.2. The van der Waals surface area contributed by atoms with Crippen molar-refractivity contribution in [3.8, 4) is 50.9 Å². The fourth-order valence-corrected chi connectivity index (χ4v) is 7.56. The van der Waals surface area contributed by atoms with Crippen LogP contribution in [0.5, 0.6) is 11.5 Å². The second kappa shape index (κ2) is 13.9. The summed E-state index contributed by atoms with van der Waals surface area (Å²) in [6.45, 7) is 6.48. The Kier molecular flexibility index (Phi) is 6.14. The molecule has 0 amide bonds. The molecule has 0 saturated heterocycles. The highest BCUT2D eigenvalue weighted by atomic mass is 16.5. The van der Waals surface area contributed by atoms with E-state index >= 15 is 4.79 Å². The Labute approximate surface area is 349 Å². The van der Waals surface area contributed by atoms with Crippen LogP contribution in [-0.4, -0.2) is 23.7 Å². The van der Waals surface area contributed by atoms with E-state index in [2.05, 4.69) is 48.5 Å². The lowest BCUT2D eigenvalue weighted by molar-refractivity contribution is 0.483. The van der Waals surface area contributed by atoms with Crippen LogP contribution in [0.2, 0.25) is 0 Å². The molecular formula is C51H39N5O2. The lowest BCUT2D eigenvalue weighted by atomic mass is 9.88. The molecule has 0 fully saturated rings. The van der Waals surface area contributed by atoms with E-state index in [0.717, 1.165) is 33.2 Å². The van der Waals surface area contributed by atoms with E-state index in [9.17, 15) is 0 Å². The van der Waals surface area contributed by atoms with Gasteiger partial charge in [-0.25, -0.2) is 9.78 Å². The van der Waals surface area contributed by atoms with Crippen LogP contribution in [-0.2, 0) is 5.41 Å². The number of imidazole rings is 1. The lowest BCUT2D eigenvalue weighted by Crippen LogP contribution is -2.23. The van der Waals surface area contributed by atoms with E-state index in [4.69, 9.17) is 23.4 Å². The molecule has 0 aliphatic rings. The number of fused-ring (bicyclic) bond motifs is 4. The molecule has 0 saturated carbocycles. The molecule has 0 aliphatic heterocycles. The predicted octanol–water partition coefficient (Wildman–Crippen LogP) is 12.1. The average molecular weight is 764 g/mol. The number of rotatable bonds is 7. The zero-order valence-corrected chi connectivity index (χ0v) is 31.6. The maximum Gasteiger partial charge on any atom is 0.338 e. The first-order chi connectivity index (χ1) is 32.5. The number of ether oxygens (including phenoxy) is 1. The Hall–Kier alpha value is -7.51. The summed E-state index contributed by atoms with van der Waals surface area (Å²) in [5.41, 5.74) is 2.45. The van der Waals surface area contributed by atoms with Crippen LogP contribution in [0, 0.1) is 0 Å². The fraction of sp³-hybridized carbons (Fsp3) is 0.0784. The van der Waals surface area contributed by atoms with Crippen LogP contribution >= 0.6 is 0 Å². The third kappa shape index (κ3) is 5.96. The molecule has 10 rings (SSSR count). The SMILES string of the molecule is [2H]c1c([2H])c([2H])c(-c2cccc(-c3c([2H])c([2H])c([2H])c([2H])c3[2H])c2-n2c(=O)n(-c3cccc(Oc4ccc5c6ccccc6n(-c6cc(C(C)(C)C)ccn6)c5c4)c3)c3cnccc32)c([2H])c1[2H]. The average Bonchev–Trinajstić information content (AvgIpc) is 3.82. The highest BCUT2D eigenvalue weighted by Crippen LogP contribution is 2.38. The van der Waals surface area contributed by atoms with Crippen molar-refractivity contribution in [1.29, 1.82) is 0 Å². The van der Waals surface area contributed by atoms with Gasteiger partial charge in [-0.2, -0.15) is 0 Å². The summed E-state index contributed by atoms with van der Waals surface area (Å²) in [5.74, 6) is 1.65. The molecule has 0 N–H and O–H groups in total. The molecule has 0 spiro atoms. The van der Waals surface area contributed by atoms with E-state index in [1.54, 1.807) is 30.3 Å². The van der Waals surface area contributed by atoms with Crippen molar-refractivity contribution in [3.05, 3.63) is 198 Å². The number of hydrogen-bond donors (Lipinski definition) is 0. The van der Waals surface area contributed by atoms with Gasteiger partial charge in [0.25, 0.3) is 0 Å². The van der Waals surface area contributed by atoms with E-state index in [-0.39, 0.29) is 38.9 Å². The van der Waals surface area contributed by atoms with E-state index in [1.807, 2.05) is 42.6 Å². The smallest absolute Gasteiger partial charge is 0.338 e. The standard InChI is InChI=1S/C51H39N5O2/c1-51(2,3)36-26-29-53-48(30-36)55-44-23-11-10-20-42(44)43-25-24-39(32-46(43)55)58-38-19-12-18-37(31-38)54-47-33-52-28-27-45(47)56(50(54)57)49-40(34-14-6-4-7-15-34)21-13-22-41(49)35-16-8-5-9-17-35/h4-33H,1-3H3/i4D,5D,6D,7D,8D,9D,14D,15D,16D,17D. The van der Waals surface area contributed by atoms with Gasteiger partial charge in [-0.15, -0.1) is 0 Å². The Morgan fingerprint density at radius 2 is 1.28 bits per heavy atom. The number of para-hydroxylation sites is 2. The van der Waals surface area contributed by atoms with E-state index in [0.29, 0.717) is 22.7 Å². The Morgan fingerprint density at radius 3 is 2.02 bits per heavy atom. The Balaban J connectivity index is 1.17. The summed E-state index contributed by atoms with van der Waals surface area (Å²) in [4.78, 5) is 24.5. The molecule has 0 aliphatic carbocycles. The zero-order chi connectivity index (χ0) is 48.1. The number of pyridine rings is 2. The van der Waals surface area contributed by atoms with Crippen LogP contribution in [0.1, 0.15) is 40.0 Å². The third-order valence-corrected chi connectivity index (χ3v) is 10.2. The highest BCUT2D eigenvalue weighted by Gasteiger charge is 2.23. The van der Waals surface area contributed by atoms with Crippen LogP contribution in [0.4, 0.5) is 0 Å². The van der Waals surface area contributed by atoms with Gasteiger partial charge in [0, 0.05) is 46.4 Å². The van der Waals surface area contributed by atoms with Crippen molar-refractivity contribution < 1.29 is 18.4 Å². The molecule has 4 heterocycles. The van der Waals surface area contributed by atoms with Gasteiger partial charge in [0.1, 0.15) is 17.3 Å². The molecule has 0 bridgehead atoms. The largest absolute Gasteiger partial charge is 0.457 e. The number of aromatic nitrogens is 5. The summed E-state index contributed by atoms with van der Waals surface area (Å²) in [5, 5.41) is 2.05. The first-order valence-electron chi connectivity index (χ1n) is 23.6. The topological polar surface area (TPSA) is 66.9 Å². The van der Waals surface area contributed by atoms with Gasteiger partial charge in [0.05, 0.1) is 53.3 Å². The van der Waals surface area contributed by atoms with Gasteiger partial charge in [-0.1, -0.05) is 124 Å². The molecular weight excluding hydrogens is 715 g/mol. The second-order valence-electron chi connectivity index (χ2n) is 14.8. The fourth-order valence-electron chi connectivity index (χ4n) is 7.56. The minimum atomic E-state index is -0.700. The molecule has 7 heteroatoms. The molecule has 0 atom stereocenters. The van der Waals surface area contributed by atoms with E-state index in [1.165, 1.54) is 39.7 Å². The number of hydrogen-bond acceptors (Lipinski definition) is 4. The normalized spacial score (nSPS) is 14.2. The lowest BCUT2D eigenvalue weighted by Gasteiger charge is -2.20. The molecule has 7 nitrogen and oxygen atoms in total. The van der Waals surface area contributed by atoms with Crippen LogP contribution in [0.3, 0.4) is 0 Å².